The smallest absolute Gasteiger partial charge is 0.304 e. The lowest BCUT2D eigenvalue weighted by atomic mass is 10.3. The van der Waals surface area contributed by atoms with Crippen LogP contribution in [0.5, 0.6) is 0 Å². The van der Waals surface area contributed by atoms with Gasteiger partial charge in [0.25, 0.3) is 0 Å². The molecular formula is C9H16O3S. The zero-order valence-electron chi connectivity index (χ0n) is 7.86. The molecule has 1 aliphatic carbocycles. The number of carbonyl (C=O) groups is 1. The van der Waals surface area contributed by atoms with Gasteiger partial charge < -0.3 is 9.84 Å². The Morgan fingerprint density at radius 1 is 1.69 bits per heavy atom. The summed E-state index contributed by atoms with van der Waals surface area (Å²) in [5.41, 5.74) is 0. The van der Waals surface area contributed by atoms with Crippen LogP contribution in [0.15, 0.2) is 0 Å². The molecular weight excluding hydrogens is 188 g/mol. The molecule has 1 saturated carbocycles. The maximum absolute atomic E-state index is 10.3. The molecule has 0 aromatic rings. The van der Waals surface area contributed by atoms with Crippen LogP contribution in [0.4, 0.5) is 0 Å². The number of thioether (sulfide) groups is 1. The van der Waals surface area contributed by atoms with E-state index in [-0.39, 0.29) is 11.7 Å². The Morgan fingerprint density at radius 2 is 2.38 bits per heavy atom. The zero-order valence-corrected chi connectivity index (χ0v) is 8.68. The van der Waals surface area contributed by atoms with Gasteiger partial charge in [0.2, 0.25) is 0 Å². The molecule has 1 unspecified atom stereocenters. The van der Waals surface area contributed by atoms with Crippen LogP contribution < -0.4 is 0 Å². The molecule has 0 aromatic carbocycles. The summed E-state index contributed by atoms with van der Waals surface area (Å²) in [6.07, 6.45) is 2.82. The molecule has 1 fully saturated rings. The van der Waals surface area contributed by atoms with E-state index in [1.54, 1.807) is 11.8 Å². The fraction of sp³-hybridized carbons (Fsp3) is 0.889. The Labute approximate surface area is 82.8 Å². The number of ether oxygens (including phenoxy) is 1. The highest BCUT2D eigenvalue weighted by molar-refractivity contribution is 7.99. The van der Waals surface area contributed by atoms with Crippen molar-refractivity contribution in [3.8, 4) is 0 Å². The molecule has 0 heterocycles. The van der Waals surface area contributed by atoms with Crippen molar-refractivity contribution < 1.29 is 14.6 Å². The van der Waals surface area contributed by atoms with Crippen LogP contribution in [0.1, 0.15) is 26.2 Å². The molecule has 3 nitrogen and oxygen atoms in total. The first-order valence-corrected chi connectivity index (χ1v) is 5.64. The van der Waals surface area contributed by atoms with Gasteiger partial charge in [-0.2, -0.15) is 0 Å². The maximum atomic E-state index is 10.3. The van der Waals surface area contributed by atoms with Crippen LogP contribution >= 0.6 is 11.8 Å². The van der Waals surface area contributed by atoms with E-state index in [9.17, 15) is 4.79 Å². The standard InChI is InChI=1S/C9H16O3S/c1-7(4-9(10)11)13-6-12-5-8-2-3-8/h7-8H,2-6H2,1H3,(H,10,11). The first-order valence-electron chi connectivity index (χ1n) is 4.59. The van der Waals surface area contributed by atoms with Crippen molar-refractivity contribution >= 4 is 17.7 Å². The molecule has 0 saturated heterocycles. The van der Waals surface area contributed by atoms with E-state index in [0.29, 0.717) is 5.94 Å². The molecule has 1 rings (SSSR count). The molecule has 4 heteroatoms. The van der Waals surface area contributed by atoms with E-state index in [0.717, 1.165) is 12.5 Å². The summed E-state index contributed by atoms with van der Waals surface area (Å²) in [6, 6.07) is 0. The van der Waals surface area contributed by atoms with Crippen molar-refractivity contribution in [1.29, 1.82) is 0 Å². The number of carboxylic acid groups (broad SMARTS) is 1. The van der Waals surface area contributed by atoms with Crippen LogP contribution in [0.25, 0.3) is 0 Å². The summed E-state index contributed by atoms with van der Waals surface area (Å²) in [4.78, 5) is 10.3. The largest absolute Gasteiger partial charge is 0.481 e. The minimum absolute atomic E-state index is 0.150. The van der Waals surface area contributed by atoms with Crippen LogP contribution in [0.2, 0.25) is 0 Å². The molecule has 13 heavy (non-hydrogen) atoms. The van der Waals surface area contributed by atoms with Gasteiger partial charge in [-0.05, 0) is 18.8 Å². The summed E-state index contributed by atoms with van der Waals surface area (Å²) in [7, 11) is 0. The Bertz CT molecular complexity index is 168. The molecule has 0 aromatic heterocycles. The minimum Gasteiger partial charge on any atom is -0.481 e. The van der Waals surface area contributed by atoms with Crippen molar-refractivity contribution in [3.63, 3.8) is 0 Å². The zero-order chi connectivity index (χ0) is 9.68. The second kappa shape index (κ2) is 5.50. The van der Waals surface area contributed by atoms with Crippen molar-refractivity contribution in [2.75, 3.05) is 12.5 Å². The maximum Gasteiger partial charge on any atom is 0.304 e. The minimum atomic E-state index is -0.734. The fourth-order valence-corrected chi connectivity index (χ4v) is 1.65. The van der Waals surface area contributed by atoms with Crippen molar-refractivity contribution in [1.82, 2.24) is 0 Å². The Hall–Kier alpha value is -0.220. The predicted molar refractivity (Wildman–Crippen MR) is 52.8 cm³/mol. The molecule has 0 radical (unpaired) electrons. The van der Waals surface area contributed by atoms with E-state index in [4.69, 9.17) is 9.84 Å². The lowest BCUT2D eigenvalue weighted by Gasteiger charge is -2.08. The number of rotatable bonds is 7. The normalized spacial score (nSPS) is 18.5. The predicted octanol–water partition coefficient (Wildman–Crippen LogP) is 1.97. The topological polar surface area (TPSA) is 46.5 Å². The quantitative estimate of drug-likeness (QED) is 0.508. The molecule has 0 amide bonds. The second-order valence-electron chi connectivity index (χ2n) is 3.51. The van der Waals surface area contributed by atoms with Gasteiger partial charge in [-0.3, -0.25) is 4.79 Å². The van der Waals surface area contributed by atoms with Gasteiger partial charge in [0, 0.05) is 5.25 Å². The molecule has 1 N–H and O–H groups in total. The highest BCUT2D eigenvalue weighted by Gasteiger charge is 2.21. The third kappa shape index (κ3) is 5.93. The number of hydrogen-bond acceptors (Lipinski definition) is 3. The average Bonchev–Trinajstić information content (AvgIpc) is 2.80. The molecule has 0 bridgehead atoms. The van der Waals surface area contributed by atoms with Gasteiger partial charge in [0.15, 0.2) is 0 Å². The molecule has 76 valence electrons. The number of aliphatic carboxylic acids is 1. The molecule has 0 aliphatic heterocycles. The summed E-state index contributed by atoms with van der Waals surface area (Å²) < 4.78 is 5.38. The van der Waals surface area contributed by atoms with E-state index in [1.807, 2.05) is 6.92 Å². The van der Waals surface area contributed by atoms with Gasteiger partial charge >= 0.3 is 5.97 Å². The van der Waals surface area contributed by atoms with Crippen LogP contribution in [0, 0.1) is 5.92 Å². The van der Waals surface area contributed by atoms with Gasteiger partial charge in [0.05, 0.1) is 19.0 Å². The van der Waals surface area contributed by atoms with E-state index in [1.165, 1.54) is 12.8 Å². The van der Waals surface area contributed by atoms with E-state index in [2.05, 4.69) is 0 Å². The van der Waals surface area contributed by atoms with E-state index >= 15 is 0 Å². The molecule has 1 aliphatic rings. The van der Waals surface area contributed by atoms with Gasteiger partial charge in [0.1, 0.15) is 0 Å². The highest BCUT2D eigenvalue weighted by atomic mass is 32.2. The lowest BCUT2D eigenvalue weighted by molar-refractivity contribution is -0.136. The summed E-state index contributed by atoms with van der Waals surface area (Å²) in [5, 5.41) is 8.63. The first-order chi connectivity index (χ1) is 6.18. The monoisotopic (exact) mass is 204 g/mol. The molecule has 0 spiro atoms. The SMILES string of the molecule is CC(CC(=O)O)SCOCC1CC1. The van der Waals surface area contributed by atoms with Crippen molar-refractivity contribution in [3.05, 3.63) is 0 Å². The van der Waals surface area contributed by atoms with E-state index < -0.39 is 5.97 Å². The van der Waals surface area contributed by atoms with Crippen molar-refractivity contribution in [2.24, 2.45) is 5.92 Å². The average molecular weight is 204 g/mol. The lowest BCUT2D eigenvalue weighted by Crippen LogP contribution is -2.07. The highest BCUT2D eigenvalue weighted by Crippen LogP contribution is 2.29. The summed E-state index contributed by atoms with van der Waals surface area (Å²) in [5.74, 6) is 0.683. The Kier molecular flexibility index (Phi) is 4.59. The fourth-order valence-electron chi connectivity index (χ4n) is 0.968. The second-order valence-corrected chi connectivity index (χ2v) is 4.88. The van der Waals surface area contributed by atoms with Gasteiger partial charge in [-0.15, -0.1) is 11.8 Å². The van der Waals surface area contributed by atoms with Gasteiger partial charge in [-0.1, -0.05) is 6.92 Å². The van der Waals surface area contributed by atoms with Gasteiger partial charge in [-0.25, -0.2) is 0 Å². The van der Waals surface area contributed by atoms with Crippen LogP contribution in [-0.2, 0) is 9.53 Å². The molecule has 1 atom stereocenters. The van der Waals surface area contributed by atoms with Crippen molar-refractivity contribution in [2.45, 2.75) is 31.4 Å². The Morgan fingerprint density at radius 3 is 2.92 bits per heavy atom. The number of carboxylic acids is 1. The van der Waals surface area contributed by atoms with Crippen LogP contribution in [-0.4, -0.2) is 28.9 Å². The number of hydrogen-bond donors (Lipinski definition) is 1. The van der Waals surface area contributed by atoms with Crippen LogP contribution in [0.3, 0.4) is 0 Å². The summed E-state index contributed by atoms with van der Waals surface area (Å²) >= 11 is 1.57. The Balaban J connectivity index is 1.88. The third-order valence-corrected chi connectivity index (χ3v) is 2.99. The first kappa shape index (κ1) is 10.9. The summed E-state index contributed by atoms with van der Waals surface area (Å²) in [6.45, 7) is 2.77. The third-order valence-electron chi connectivity index (χ3n) is 1.95.